The highest BCUT2D eigenvalue weighted by atomic mass is 32.1. The van der Waals surface area contributed by atoms with E-state index >= 15 is 0 Å². The van der Waals surface area contributed by atoms with Gasteiger partial charge in [-0.2, -0.15) is 0 Å². The van der Waals surface area contributed by atoms with E-state index in [0.717, 1.165) is 24.6 Å². The molecule has 2 aromatic rings. The van der Waals surface area contributed by atoms with Gasteiger partial charge in [0.15, 0.2) is 5.96 Å². The molecule has 0 unspecified atom stereocenters. The van der Waals surface area contributed by atoms with Crippen LogP contribution in [0.3, 0.4) is 0 Å². The third-order valence-electron chi connectivity index (χ3n) is 3.27. The van der Waals surface area contributed by atoms with Gasteiger partial charge >= 0.3 is 0 Å². The second kappa shape index (κ2) is 8.38. The van der Waals surface area contributed by atoms with Crippen LogP contribution in [0.5, 0.6) is 5.88 Å². The maximum Gasteiger partial charge on any atom is 0.213 e. The molecule has 5 nitrogen and oxygen atoms in total. The molecule has 0 aliphatic carbocycles. The SMILES string of the molecule is CN=C(NCc1cccc(OC)n1)N(C)CCc1cccs1. The van der Waals surface area contributed by atoms with Gasteiger partial charge in [0.25, 0.3) is 0 Å². The van der Waals surface area contributed by atoms with Crippen molar-refractivity contribution >= 4 is 17.3 Å². The number of methoxy groups -OCH3 is 1. The van der Waals surface area contributed by atoms with Gasteiger partial charge in [0.1, 0.15) is 0 Å². The van der Waals surface area contributed by atoms with E-state index < -0.39 is 0 Å². The molecule has 0 bridgehead atoms. The first-order valence-corrected chi connectivity index (χ1v) is 8.05. The van der Waals surface area contributed by atoms with E-state index in [2.05, 4.69) is 37.7 Å². The highest BCUT2D eigenvalue weighted by Crippen LogP contribution is 2.09. The molecule has 0 aromatic carbocycles. The highest BCUT2D eigenvalue weighted by molar-refractivity contribution is 7.09. The Kier molecular flexibility index (Phi) is 6.21. The van der Waals surface area contributed by atoms with Crippen LogP contribution in [0, 0.1) is 0 Å². The molecule has 118 valence electrons. The Morgan fingerprint density at radius 1 is 1.36 bits per heavy atom. The summed E-state index contributed by atoms with van der Waals surface area (Å²) >= 11 is 1.79. The second-order valence-corrected chi connectivity index (χ2v) is 5.86. The molecule has 0 aliphatic rings. The number of thiophene rings is 1. The molecule has 6 heteroatoms. The fourth-order valence-corrected chi connectivity index (χ4v) is 2.76. The van der Waals surface area contributed by atoms with Crippen LogP contribution < -0.4 is 10.1 Å². The molecular weight excluding hydrogens is 296 g/mol. The Hall–Kier alpha value is -2.08. The lowest BCUT2D eigenvalue weighted by molar-refractivity contribution is 0.396. The molecule has 22 heavy (non-hydrogen) atoms. The zero-order chi connectivity index (χ0) is 15.8. The third-order valence-corrected chi connectivity index (χ3v) is 4.20. The van der Waals surface area contributed by atoms with E-state index in [1.165, 1.54) is 4.88 Å². The van der Waals surface area contributed by atoms with Crippen molar-refractivity contribution in [3.63, 3.8) is 0 Å². The zero-order valence-electron chi connectivity index (χ0n) is 13.2. The first-order chi connectivity index (χ1) is 10.7. The molecule has 0 spiro atoms. The molecule has 2 rings (SSSR count). The van der Waals surface area contributed by atoms with Gasteiger partial charge < -0.3 is 15.0 Å². The van der Waals surface area contributed by atoms with Crippen molar-refractivity contribution in [3.05, 3.63) is 46.3 Å². The Morgan fingerprint density at radius 2 is 2.23 bits per heavy atom. The Bertz CT molecular complexity index is 598. The zero-order valence-corrected chi connectivity index (χ0v) is 14.1. The first-order valence-electron chi connectivity index (χ1n) is 7.17. The third kappa shape index (κ3) is 4.73. The van der Waals surface area contributed by atoms with Crippen molar-refractivity contribution in [3.8, 4) is 5.88 Å². The number of aliphatic imine (C=N–C) groups is 1. The van der Waals surface area contributed by atoms with E-state index in [1.807, 2.05) is 25.2 Å². The number of hydrogen-bond acceptors (Lipinski definition) is 4. The minimum atomic E-state index is 0.618. The van der Waals surface area contributed by atoms with Gasteiger partial charge in [-0.05, 0) is 23.9 Å². The number of nitrogens with one attached hydrogen (secondary N) is 1. The van der Waals surface area contributed by atoms with Gasteiger partial charge in [-0.15, -0.1) is 11.3 Å². The summed E-state index contributed by atoms with van der Waals surface area (Å²) in [6.45, 7) is 1.54. The lowest BCUT2D eigenvalue weighted by Gasteiger charge is -2.21. The fourth-order valence-electron chi connectivity index (χ4n) is 2.06. The minimum Gasteiger partial charge on any atom is -0.481 e. The molecular formula is C16H22N4OS. The van der Waals surface area contributed by atoms with Crippen LogP contribution in [0.15, 0.2) is 40.7 Å². The van der Waals surface area contributed by atoms with Crippen LogP contribution in [-0.2, 0) is 13.0 Å². The van der Waals surface area contributed by atoms with Crippen molar-refractivity contribution < 1.29 is 4.74 Å². The molecule has 1 N–H and O–H groups in total. The van der Waals surface area contributed by atoms with Gasteiger partial charge in [-0.3, -0.25) is 4.99 Å². The summed E-state index contributed by atoms with van der Waals surface area (Å²) in [5.74, 6) is 1.49. The summed E-state index contributed by atoms with van der Waals surface area (Å²) in [5, 5.41) is 5.44. The predicted molar refractivity (Wildman–Crippen MR) is 91.6 cm³/mol. The molecule has 0 radical (unpaired) electrons. The number of nitrogens with zero attached hydrogens (tertiary/aromatic N) is 3. The topological polar surface area (TPSA) is 49.8 Å². The maximum absolute atomic E-state index is 5.14. The van der Waals surface area contributed by atoms with Crippen molar-refractivity contribution in [2.45, 2.75) is 13.0 Å². The average molecular weight is 318 g/mol. The summed E-state index contributed by atoms with van der Waals surface area (Å²) < 4.78 is 5.14. The van der Waals surface area contributed by atoms with Crippen LogP contribution >= 0.6 is 11.3 Å². The molecule has 0 atom stereocenters. The summed E-state index contributed by atoms with van der Waals surface area (Å²) in [7, 11) is 5.46. The van der Waals surface area contributed by atoms with Crippen molar-refractivity contribution in [2.24, 2.45) is 4.99 Å². The molecule has 0 fully saturated rings. The first kappa shape index (κ1) is 16.3. The van der Waals surface area contributed by atoms with Gasteiger partial charge in [-0.1, -0.05) is 12.1 Å². The van der Waals surface area contributed by atoms with Crippen molar-refractivity contribution in [1.82, 2.24) is 15.2 Å². The number of hydrogen-bond donors (Lipinski definition) is 1. The second-order valence-electron chi connectivity index (χ2n) is 4.82. The number of guanidine groups is 1. The Labute approximate surface area is 135 Å². The van der Waals surface area contributed by atoms with Crippen LogP contribution in [0.1, 0.15) is 10.6 Å². The molecule has 0 saturated carbocycles. The summed E-state index contributed by atoms with van der Waals surface area (Å²) in [6.07, 6.45) is 1.02. The number of likely N-dealkylation sites (N-methyl/N-ethyl adjacent to an activating group) is 1. The molecule has 0 aliphatic heterocycles. The molecule has 0 amide bonds. The Morgan fingerprint density at radius 3 is 2.91 bits per heavy atom. The van der Waals surface area contributed by atoms with Crippen LogP contribution in [0.4, 0.5) is 0 Å². The molecule has 2 aromatic heterocycles. The fraction of sp³-hybridized carbons (Fsp3) is 0.375. The van der Waals surface area contributed by atoms with E-state index in [4.69, 9.17) is 4.74 Å². The van der Waals surface area contributed by atoms with E-state index in [-0.39, 0.29) is 0 Å². The van der Waals surface area contributed by atoms with Gasteiger partial charge in [0.2, 0.25) is 5.88 Å². The molecule has 2 heterocycles. The predicted octanol–water partition coefficient (Wildman–Crippen LogP) is 2.40. The van der Waals surface area contributed by atoms with Crippen molar-refractivity contribution in [1.29, 1.82) is 0 Å². The van der Waals surface area contributed by atoms with Gasteiger partial charge in [-0.25, -0.2) is 4.98 Å². The molecule has 0 saturated heterocycles. The van der Waals surface area contributed by atoms with Gasteiger partial charge in [0, 0.05) is 31.6 Å². The van der Waals surface area contributed by atoms with E-state index in [1.54, 1.807) is 25.5 Å². The highest BCUT2D eigenvalue weighted by Gasteiger charge is 2.07. The monoisotopic (exact) mass is 318 g/mol. The summed E-state index contributed by atoms with van der Waals surface area (Å²) in [5.41, 5.74) is 0.923. The summed E-state index contributed by atoms with van der Waals surface area (Å²) in [6, 6.07) is 9.99. The normalized spacial score (nSPS) is 11.3. The van der Waals surface area contributed by atoms with Crippen LogP contribution in [0.25, 0.3) is 0 Å². The van der Waals surface area contributed by atoms with E-state index in [9.17, 15) is 0 Å². The maximum atomic E-state index is 5.14. The van der Waals surface area contributed by atoms with Crippen LogP contribution in [-0.4, -0.2) is 43.6 Å². The lowest BCUT2D eigenvalue weighted by Crippen LogP contribution is -2.39. The minimum absolute atomic E-state index is 0.618. The van der Waals surface area contributed by atoms with E-state index in [0.29, 0.717) is 12.4 Å². The summed E-state index contributed by atoms with van der Waals surface area (Å²) in [4.78, 5) is 12.2. The van der Waals surface area contributed by atoms with Gasteiger partial charge in [0.05, 0.1) is 19.3 Å². The number of rotatable bonds is 6. The smallest absolute Gasteiger partial charge is 0.213 e. The van der Waals surface area contributed by atoms with Crippen LogP contribution in [0.2, 0.25) is 0 Å². The largest absolute Gasteiger partial charge is 0.481 e. The standard InChI is InChI=1S/C16H22N4OS/c1-17-16(20(2)10-9-14-7-5-11-22-14)18-12-13-6-4-8-15(19-13)21-3/h4-8,11H,9-10,12H2,1-3H3,(H,17,18). The quantitative estimate of drug-likeness (QED) is 0.656. The number of pyridine rings is 1. The average Bonchev–Trinajstić information content (AvgIpc) is 3.07. The Balaban J connectivity index is 1.85. The number of aromatic nitrogens is 1. The number of ether oxygens (including phenoxy) is 1. The lowest BCUT2D eigenvalue weighted by atomic mass is 10.3. The van der Waals surface area contributed by atoms with Crippen molar-refractivity contribution in [2.75, 3.05) is 27.7 Å².